The second kappa shape index (κ2) is 6.55. The summed E-state index contributed by atoms with van der Waals surface area (Å²) in [6.45, 7) is 10.2. The van der Waals surface area contributed by atoms with Crippen molar-refractivity contribution in [3.63, 3.8) is 0 Å². The van der Waals surface area contributed by atoms with E-state index in [1.54, 1.807) is 6.08 Å². The van der Waals surface area contributed by atoms with E-state index < -0.39 is 15.4 Å². The Morgan fingerprint density at radius 1 is 1.32 bits per heavy atom. The smallest absolute Gasteiger partial charge is 0.270 e. The van der Waals surface area contributed by atoms with Crippen LogP contribution in [0.2, 0.25) is 0 Å². The molecule has 1 saturated heterocycles. The molecular weight excluding hydrogens is 296 g/mol. The average Bonchev–Trinajstić information content (AvgIpc) is 2.56. The van der Waals surface area contributed by atoms with Gasteiger partial charge in [-0.2, -0.15) is 8.42 Å². The van der Waals surface area contributed by atoms with Crippen LogP contribution in [0.5, 0.6) is 0 Å². The maximum atomic E-state index is 12.6. The molecule has 1 aromatic rings. The molecule has 1 heterocycles. The predicted octanol–water partition coefficient (Wildman–Crippen LogP) is 4.04. The van der Waals surface area contributed by atoms with E-state index in [-0.39, 0.29) is 5.41 Å². The molecule has 0 saturated carbocycles. The van der Waals surface area contributed by atoms with Crippen LogP contribution in [0.4, 0.5) is 0 Å². The summed E-state index contributed by atoms with van der Waals surface area (Å²) in [5, 5.41) is -0.508. The van der Waals surface area contributed by atoms with Gasteiger partial charge in [-0.3, -0.25) is 4.18 Å². The van der Waals surface area contributed by atoms with E-state index in [0.29, 0.717) is 18.9 Å². The molecule has 122 valence electrons. The summed E-state index contributed by atoms with van der Waals surface area (Å²) >= 11 is 0. The molecule has 1 aliphatic heterocycles. The van der Waals surface area contributed by atoms with Gasteiger partial charge in [0.1, 0.15) is 0 Å². The van der Waals surface area contributed by atoms with E-state index in [4.69, 9.17) is 4.18 Å². The third-order valence-corrected chi connectivity index (χ3v) is 6.68. The molecule has 1 fully saturated rings. The van der Waals surface area contributed by atoms with Gasteiger partial charge in [0, 0.05) is 0 Å². The van der Waals surface area contributed by atoms with Gasteiger partial charge < -0.3 is 0 Å². The van der Waals surface area contributed by atoms with Crippen molar-refractivity contribution in [2.45, 2.75) is 45.3 Å². The van der Waals surface area contributed by atoms with Gasteiger partial charge in [0.2, 0.25) is 0 Å². The van der Waals surface area contributed by atoms with Crippen LogP contribution in [0.1, 0.15) is 44.7 Å². The fraction of sp³-hybridized carbons (Fsp3) is 0.556. The molecule has 22 heavy (non-hydrogen) atoms. The average molecular weight is 322 g/mol. The van der Waals surface area contributed by atoms with Crippen molar-refractivity contribution in [2.75, 3.05) is 6.61 Å². The first kappa shape index (κ1) is 17.2. The van der Waals surface area contributed by atoms with Crippen molar-refractivity contribution >= 4 is 16.2 Å². The van der Waals surface area contributed by atoms with Gasteiger partial charge in [0.05, 0.1) is 11.9 Å². The number of hydrogen-bond acceptors (Lipinski definition) is 3. The Morgan fingerprint density at radius 2 is 1.95 bits per heavy atom. The first-order chi connectivity index (χ1) is 10.3. The van der Waals surface area contributed by atoms with Crippen LogP contribution in [-0.4, -0.2) is 20.3 Å². The SMILES string of the molecule is C=Cc1ccc(CC2C(C)(C)CC(CC)COS2(=O)=O)cc1. The first-order valence-corrected chi connectivity index (χ1v) is 9.35. The van der Waals surface area contributed by atoms with Crippen molar-refractivity contribution in [1.82, 2.24) is 0 Å². The standard InChI is InChI=1S/C18H26O3S/c1-5-14-7-9-16(10-8-14)11-17-18(3,4)12-15(6-2)13-21-22(17,19)20/h5,7-10,15,17H,1,6,11-13H2,2-4H3. The lowest BCUT2D eigenvalue weighted by molar-refractivity contribution is 0.218. The zero-order valence-corrected chi connectivity index (χ0v) is 14.5. The lowest BCUT2D eigenvalue weighted by atomic mass is 9.77. The molecule has 0 spiro atoms. The monoisotopic (exact) mass is 322 g/mol. The first-order valence-electron chi connectivity index (χ1n) is 7.88. The highest BCUT2D eigenvalue weighted by Gasteiger charge is 2.44. The van der Waals surface area contributed by atoms with Crippen LogP contribution < -0.4 is 0 Å². The van der Waals surface area contributed by atoms with Gasteiger partial charge in [0.15, 0.2) is 0 Å². The molecule has 0 amide bonds. The molecule has 0 radical (unpaired) electrons. The van der Waals surface area contributed by atoms with E-state index in [1.807, 2.05) is 38.1 Å². The molecule has 0 aliphatic carbocycles. The van der Waals surface area contributed by atoms with Crippen molar-refractivity contribution in [3.8, 4) is 0 Å². The molecule has 3 nitrogen and oxygen atoms in total. The van der Waals surface area contributed by atoms with E-state index in [9.17, 15) is 8.42 Å². The Labute approximate surface area is 134 Å². The third kappa shape index (κ3) is 3.79. The summed E-state index contributed by atoms with van der Waals surface area (Å²) in [7, 11) is -3.54. The number of benzene rings is 1. The highest BCUT2D eigenvalue weighted by Crippen LogP contribution is 2.40. The second-order valence-electron chi connectivity index (χ2n) is 6.88. The van der Waals surface area contributed by atoms with Crippen molar-refractivity contribution < 1.29 is 12.6 Å². The minimum Gasteiger partial charge on any atom is -0.270 e. The fourth-order valence-electron chi connectivity index (χ4n) is 3.24. The van der Waals surface area contributed by atoms with Crippen molar-refractivity contribution in [1.29, 1.82) is 0 Å². The van der Waals surface area contributed by atoms with Gasteiger partial charge in [-0.15, -0.1) is 0 Å². The van der Waals surface area contributed by atoms with Gasteiger partial charge in [-0.1, -0.05) is 64.1 Å². The number of rotatable bonds is 4. The largest absolute Gasteiger partial charge is 0.271 e. The molecule has 2 atom stereocenters. The summed E-state index contributed by atoms with van der Waals surface area (Å²) < 4.78 is 30.5. The van der Waals surface area contributed by atoms with E-state index >= 15 is 0 Å². The van der Waals surface area contributed by atoms with Crippen LogP contribution in [0.25, 0.3) is 6.08 Å². The maximum Gasteiger partial charge on any atom is 0.271 e. The van der Waals surface area contributed by atoms with Gasteiger partial charge in [-0.25, -0.2) is 0 Å². The summed E-state index contributed by atoms with van der Waals surface area (Å²) in [4.78, 5) is 0. The minimum atomic E-state index is -3.54. The van der Waals surface area contributed by atoms with Crippen LogP contribution in [-0.2, 0) is 20.7 Å². The van der Waals surface area contributed by atoms with Crippen LogP contribution in [0, 0.1) is 11.3 Å². The van der Waals surface area contributed by atoms with Crippen molar-refractivity contribution in [2.24, 2.45) is 11.3 Å². The predicted molar refractivity (Wildman–Crippen MR) is 91.1 cm³/mol. The molecular formula is C18H26O3S. The van der Waals surface area contributed by atoms with E-state index in [0.717, 1.165) is 24.0 Å². The molecule has 2 unspecified atom stereocenters. The lowest BCUT2D eigenvalue weighted by Gasteiger charge is -2.32. The van der Waals surface area contributed by atoms with Gasteiger partial charge in [0.25, 0.3) is 10.1 Å². The molecule has 1 aliphatic rings. The van der Waals surface area contributed by atoms with Crippen molar-refractivity contribution in [3.05, 3.63) is 42.0 Å². The summed E-state index contributed by atoms with van der Waals surface area (Å²) in [6, 6.07) is 7.89. The number of hydrogen-bond donors (Lipinski definition) is 0. The molecule has 4 heteroatoms. The Balaban J connectivity index is 2.29. The normalized spacial score (nSPS) is 27.0. The topological polar surface area (TPSA) is 43.4 Å². The highest BCUT2D eigenvalue weighted by molar-refractivity contribution is 7.87. The lowest BCUT2D eigenvalue weighted by Crippen LogP contribution is -2.38. The van der Waals surface area contributed by atoms with Gasteiger partial charge >= 0.3 is 0 Å². The quantitative estimate of drug-likeness (QED) is 0.786. The van der Waals surface area contributed by atoms with Gasteiger partial charge in [-0.05, 0) is 35.3 Å². The summed E-state index contributed by atoms with van der Waals surface area (Å²) in [5.74, 6) is 0.304. The fourth-order valence-corrected chi connectivity index (χ4v) is 5.06. The Kier molecular flexibility index (Phi) is 5.13. The minimum absolute atomic E-state index is 0.298. The molecule has 2 rings (SSSR count). The van der Waals surface area contributed by atoms with Crippen LogP contribution >= 0.6 is 0 Å². The van der Waals surface area contributed by atoms with Crippen LogP contribution in [0.3, 0.4) is 0 Å². The maximum absolute atomic E-state index is 12.6. The molecule has 0 aromatic heterocycles. The molecule has 0 N–H and O–H groups in total. The van der Waals surface area contributed by atoms with Crippen LogP contribution in [0.15, 0.2) is 30.8 Å². The Hall–Kier alpha value is -1.13. The zero-order chi connectivity index (χ0) is 16.4. The summed E-state index contributed by atoms with van der Waals surface area (Å²) in [6.07, 6.45) is 4.09. The molecule has 0 bridgehead atoms. The second-order valence-corrected chi connectivity index (χ2v) is 8.67. The van der Waals surface area contributed by atoms with E-state index in [2.05, 4.69) is 13.5 Å². The highest BCUT2D eigenvalue weighted by atomic mass is 32.2. The van der Waals surface area contributed by atoms with E-state index in [1.165, 1.54) is 0 Å². The third-order valence-electron chi connectivity index (χ3n) is 4.72. The zero-order valence-electron chi connectivity index (χ0n) is 13.7. The Morgan fingerprint density at radius 3 is 2.50 bits per heavy atom. The Bertz CT molecular complexity index is 614. The summed E-state index contributed by atoms with van der Waals surface area (Å²) in [5.41, 5.74) is 1.76. The molecule has 1 aromatic carbocycles.